The van der Waals surface area contributed by atoms with E-state index in [0.29, 0.717) is 0 Å². The molecule has 0 radical (unpaired) electrons. The molecular weight excluding hydrogens is 304 g/mol. The Morgan fingerprint density at radius 3 is 2.00 bits per heavy atom. The summed E-state index contributed by atoms with van der Waals surface area (Å²) in [5.74, 6) is 3.50. The van der Waals surface area contributed by atoms with Gasteiger partial charge in [0.15, 0.2) is 0 Å². The maximum Gasteiger partial charge on any atom is 0.129 e. The van der Waals surface area contributed by atoms with Crippen molar-refractivity contribution in [2.75, 3.05) is 0 Å². The number of hydrogen-bond donors (Lipinski definition) is 0. The standard InChI is InChI=1S/C23H20Si/c1-24(2,3)15-14-19-16-18-9-5-7-11-21(18)23-20-10-6-4-8-17(20)12-13-22(19)23/h4-13,16H,1-3H3. The van der Waals surface area contributed by atoms with E-state index in [0.717, 1.165) is 5.56 Å². The maximum absolute atomic E-state index is 3.53. The van der Waals surface area contributed by atoms with Crippen LogP contribution in [0.1, 0.15) is 5.56 Å². The minimum atomic E-state index is -1.41. The molecule has 4 aromatic carbocycles. The molecule has 0 N–H and O–H groups in total. The summed E-state index contributed by atoms with van der Waals surface area (Å²) in [6.45, 7) is 6.87. The van der Waals surface area contributed by atoms with Gasteiger partial charge in [0, 0.05) is 5.56 Å². The summed E-state index contributed by atoms with van der Waals surface area (Å²) in [6, 6.07) is 24.0. The summed E-state index contributed by atoms with van der Waals surface area (Å²) in [6.07, 6.45) is 0. The minimum Gasteiger partial charge on any atom is -0.127 e. The average molecular weight is 324 g/mol. The predicted molar refractivity (Wildman–Crippen MR) is 109 cm³/mol. The normalized spacial score (nSPS) is 11.6. The molecule has 0 aliphatic carbocycles. The van der Waals surface area contributed by atoms with E-state index in [1.54, 1.807) is 0 Å². The Bertz CT molecular complexity index is 1120. The predicted octanol–water partition coefficient (Wildman–Crippen LogP) is 6.38. The van der Waals surface area contributed by atoms with Gasteiger partial charge in [0.1, 0.15) is 8.07 Å². The lowest BCUT2D eigenvalue weighted by Crippen LogP contribution is -2.16. The van der Waals surface area contributed by atoms with Crippen molar-refractivity contribution in [2.45, 2.75) is 19.6 Å². The van der Waals surface area contributed by atoms with Gasteiger partial charge >= 0.3 is 0 Å². The summed E-state index contributed by atoms with van der Waals surface area (Å²) in [7, 11) is -1.41. The van der Waals surface area contributed by atoms with Gasteiger partial charge in [-0.2, -0.15) is 0 Å². The molecule has 4 aromatic rings. The van der Waals surface area contributed by atoms with Crippen LogP contribution in [0.15, 0.2) is 66.7 Å². The lowest BCUT2D eigenvalue weighted by Gasteiger charge is -2.11. The van der Waals surface area contributed by atoms with E-state index >= 15 is 0 Å². The summed E-state index contributed by atoms with van der Waals surface area (Å²) in [5, 5.41) is 7.75. The number of fused-ring (bicyclic) bond motifs is 5. The van der Waals surface area contributed by atoms with Crippen LogP contribution in [0.25, 0.3) is 32.3 Å². The van der Waals surface area contributed by atoms with Gasteiger partial charge in [-0.3, -0.25) is 0 Å². The molecule has 0 aromatic heterocycles. The lowest BCUT2D eigenvalue weighted by molar-refractivity contribution is 1.74. The van der Waals surface area contributed by atoms with Gasteiger partial charge in [0.25, 0.3) is 0 Å². The van der Waals surface area contributed by atoms with Crippen molar-refractivity contribution in [1.29, 1.82) is 0 Å². The third-order valence-electron chi connectivity index (χ3n) is 4.32. The first kappa shape index (κ1) is 15.0. The highest BCUT2D eigenvalue weighted by Crippen LogP contribution is 2.34. The largest absolute Gasteiger partial charge is 0.129 e. The molecule has 0 saturated carbocycles. The van der Waals surface area contributed by atoms with E-state index in [1.165, 1.54) is 32.3 Å². The monoisotopic (exact) mass is 324 g/mol. The van der Waals surface area contributed by atoms with Gasteiger partial charge < -0.3 is 0 Å². The highest BCUT2D eigenvalue weighted by molar-refractivity contribution is 6.83. The summed E-state index contributed by atoms with van der Waals surface area (Å²) in [4.78, 5) is 0. The fourth-order valence-electron chi connectivity index (χ4n) is 3.23. The Kier molecular flexibility index (Phi) is 3.44. The van der Waals surface area contributed by atoms with Crippen LogP contribution in [0.2, 0.25) is 19.6 Å². The smallest absolute Gasteiger partial charge is 0.127 e. The van der Waals surface area contributed by atoms with Crippen LogP contribution in [0.4, 0.5) is 0 Å². The van der Waals surface area contributed by atoms with E-state index in [2.05, 4.69) is 97.8 Å². The molecule has 24 heavy (non-hydrogen) atoms. The van der Waals surface area contributed by atoms with Crippen molar-refractivity contribution in [2.24, 2.45) is 0 Å². The van der Waals surface area contributed by atoms with Crippen molar-refractivity contribution in [3.63, 3.8) is 0 Å². The van der Waals surface area contributed by atoms with E-state index < -0.39 is 8.07 Å². The highest BCUT2D eigenvalue weighted by Gasteiger charge is 2.11. The number of rotatable bonds is 0. The zero-order valence-electron chi connectivity index (χ0n) is 14.4. The first-order valence-electron chi connectivity index (χ1n) is 8.39. The highest BCUT2D eigenvalue weighted by atomic mass is 28.3. The van der Waals surface area contributed by atoms with E-state index in [9.17, 15) is 0 Å². The summed E-state index contributed by atoms with van der Waals surface area (Å²) in [5.41, 5.74) is 4.68. The third-order valence-corrected chi connectivity index (χ3v) is 5.20. The summed E-state index contributed by atoms with van der Waals surface area (Å²) < 4.78 is 0. The zero-order valence-corrected chi connectivity index (χ0v) is 15.4. The SMILES string of the molecule is C[Si](C)(C)C#Cc1cc2ccccc2c2c1ccc1ccccc12. The van der Waals surface area contributed by atoms with Gasteiger partial charge in [-0.05, 0) is 38.4 Å². The zero-order chi connectivity index (χ0) is 16.7. The molecule has 0 spiro atoms. The fraction of sp³-hybridized carbons (Fsp3) is 0.130. The first-order valence-corrected chi connectivity index (χ1v) is 11.9. The second-order valence-electron chi connectivity index (χ2n) is 7.35. The van der Waals surface area contributed by atoms with Crippen LogP contribution in [-0.4, -0.2) is 8.07 Å². The lowest BCUT2D eigenvalue weighted by atomic mass is 9.93. The van der Waals surface area contributed by atoms with E-state index in [-0.39, 0.29) is 0 Å². The molecule has 116 valence electrons. The van der Waals surface area contributed by atoms with Crippen LogP contribution < -0.4 is 0 Å². The van der Waals surface area contributed by atoms with Crippen molar-refractivity contribution < 1.29 is 0 Å². The molecule has 0 aliphatic heterocycles. The molecule has 0 nitrogen and oxygen atoms in total. The van der Waals surface area contributed by atoms with Gasteiger partial charge in [-0.25, -0.2) is 0 Å². The van der Waals surface area contributed by atoms with Crippen molar-refractivity contribution in [3.8, 4) is 11.5 Å². The molecule has 0 unspecified atom stereocenters. The van der Waals surface area contributed by atoms with E-state index in [4.69, 9.17) is 0 Å². The van der Waals surface area contributed by atoms with Crippen molar-refractivity contribution in [1.82, 2.24) is 0 Å². The molecule has 0 saturated heterocycles. The van der Waals surface area contributed by atoms with Gasteiger partial charge in [-0.1, -0.05) is 86.2 Å². The average Bonchev–Trinajstić information content (AvgIpc) is 2.58. The van der Waals surface area contributed by atoms with Crippen molar-refractivity contribution in [3.05, 3.63) is 72.3 Å². The second kappa shape index (κ2) is 5.51. The Morgan fingerprint density at radius 1 is 0.667 bits per heavy atom. The van der Waals surface area contributed by atoms with Crippen LogP contribution >= 0.6 is 0 Å². The Balaban J connectivity index is 2.20. The number of hydrogen-bond acceptors (Lipinski definition) is 0. The number of benzene rings is 4. The maximum atomic E-state index is 3.53. The third kappa shape index (κ3) is 2.60. The first-order chi connectivity index (χ1) is 11.5. The fourth-order valence-corrected chi connectivity index (χ4v) is 3.74. The Morgan fingerprint density at radius 2 is 1.29 bits per heavy atom. The molecule has 4 rings (SSSR count). The van der Waals surface area contributed by atoms with Crippen LogP contribution in [0.3, 0.4) is 0 Å². The molecule has 0 fully saturated rings. The van der Waals surface area contributed by atoms with E-state index in [1.807, 2.05) is 0 Å². The molecule has 1 heteroatoms. The van der Waals surface area contributed by atoms with Gasteiger partial charge in [0.2, 0.25) is 0 Å². The molecule has 0 aliphatic rings. The molecule has 0 amide bonds. The van der Waals surface area contributed by atoms with Gasteiger partial charge in [0.05, 0.1) is 0 Å². The minimum absolute atomic E-state index is 1.15. The Labute approximate surface area is 144 Å². The van der Waals surface area contributed by atoms with Crippen LogP contribution in [-0.2, 0) is 0 Å². The van der Waals surface area contributed by atoms with Crippen molar-refractivity contribution >= 4 is 40.4 Å². The molecule has 0 heterocycles. The molecular formula is C23H20Si. The quantitative estimate of drug-likeness (QED) is 0.200. The van der Waals surface area contributed by atoms with Crippen LogP contribution in [0, 0.1) is 11.5 Å². The molecule has 0 atom stereocenters. The summed E-state index contributed by atoms with van der Waals surface area (Å²) >= 11 is 0. The second-order valence-corrected chi connectivity index (χ2v) is 12.1. The van der Waals surface area contributed by atoms with Crippen LogP contribution in [0.5, 0.6) is 0 Å². The topological polar surface area (TPSA) is 0 Å². The Hall–Kier alpha value is -2.56. The molecule has 0 bridgehead atoms. The van der Waals surface area contributed by atoms with Gasteiger partial charge in [-0.15, -0.1) is 5.54 Å².